The van der Waals surface area contributed by atoms with Gasteiger partial charge in [-0.05, 0) is 19.5 Å². The summed E-state index contributed by atoms with van der Waals surface area (Å²) in [7, 11) is 1.54. The number of methoxy groups -OCH3 is 1. The highest BCUT2D eigenvalue weighted by Gasteiger charge is 2.28. The molecule has 0 aromatic heterocycles. The molecule has 1 aromatic carbocycles. The van der Waals surface area contributed by atoms with Crippen molar-refractivity contribution in [1.29, 1.82) is 0 Å². The van der Waals surface area contributed by atoms with Crippen molar-refractivity contribution in [2.24, 2.45) is 0 Å². The topological polar surface area (TPSA) is 30.5 Å². The summed E-state index contributed by atoms with van der Waals surface area (Å²) in [5.41, 5.74) is 1.82. The van der Waals surface area contributed by atoms with Gasteiger partial charge in [0.05, 0.1) is 19.8 Å². The Balaban J connectivity index is 2.82. The molecule has 6 heteroatoms. The number of hydrogen-bond donors (Lipinski definition) is 1. The van der Waals surface area contributed by atoms with Gasteiger partial charge in [-0.25, -0.2) is 0 Å². The van der Waals surface area contributed by atoms with Crippen LogP contribution in [0, 0.1) is 6.92 Å². The van der Waals surface area contributed by atoms with E-state index in [9.17, 15) is 13.2 Å². The smallest absolute Gasteiger partial charge is 0.411 e. The van der Waals surface area contributed by atoms with Crippen LogP contribution in [0.25, 0.3) is 0 Å². The van der Waals surface area contributed by atoms with Crippen molar-refractivity contribution in [3.8, 4) is 5.75 Å². The summed E-state index contributed by atoms with van der Waals surface area (Å²) >= 11 is 0. The number of halogens is 3. The fourth-order valence-corrected chi connectivity index (χ4v) is 1.92. The summed E-state index contributed by atoms with van der Waals surface area (Å²) < 4.78 is 46.4. The molecule has 0 spiro atoms. The fraction of sp³-hybridized carbons (Fsp3) is 0.571. The van der Waals surface area contributed by atoms with Crippen LogP contribution in [-0.2, 0) is 4.74 Å². The van der Waals surface area contributed by atoms with E-state index in [0.717, 1.165) is 11.1 Å². The average molecular weight is 291 g/mol. The van der Waals surface area contributed by atoms with Gasteiger partial charge in [-0.1, -0.05) is 24.6 Å². The van der Waals surface area contributed by atoms with Crippen molar-refractivity contribution >= 4 is 0 Å². The van der Waals surface area contributed by atoms with Crippen LogP contribution >= 0.6 is 0 Å². The molecule has 1 unspecified atom stereocenters. The summed E-state index contributed by atoms with van der Waals surface area (Å²) in [5.74, 6) is 0.636. The third-order valence-corrected chi connectivity index (χ3v) is 2.76. The Morgan fingerprint density at radius 2 is 2.00 bits per heavy atom. The quantitative estimate of drug-likeness (QED) is 0.836. The first kappa shape index (κ1) is 16.8. The van der Waals surface area contributed by atoms with E-state index < -0.39 is 12.8 Å². The minimum atomic E-state index is -4.31. The van der Waals surface area contributed by atoms with Crippen molar-refractivity contribution < 1.29 is 22.6 Å². The molecule has 0 aliphatic heterocycles. The summed E-state index contributed by atoms with van der Waals surface area (Å²) in [6.07, 6.45) is -4.31. The van der Waals surface area contributed by atoms with Crippen LogP contribution in [0.5, 0.6) is 5.75 Å². The number of ether oxygens (including phenoxy) is 2. The number of likely N-dealkylation sites (N-methyl/N-ethyl adjacent to an activating group) is 1. The molecule has 0 radical (unpaired) electrons. The van der Waals surface area contributed by atoms with Gasteiger partial charge >= 0.3 is 6.18 Å². The van der Waals surface area contributed by atoms with Gasteiger partial charge in [0, 0.05) is 5.56 Å². The monoisotopic (exact) mass is 291 g/mol. The normalized spacial score (nSPS) is 13.3. The van der Waals surface area contributed by atoms with Gasteiger partial charge in [0.2, 0.25) is 0 Å². The molecule has 0 fully saturated rings. The lowest BCUT2D eigenvalue weighted by Gasteiger charge is -2.21. The van der Waals surface area contributed by atoms with E-state index >= 15 is 0 Å². The van der Waals surface area contributed by atoms with Crippen LogP contribution in [0.3, 0.4) is 0 Å². The molecule has 1 aromatic rings. The number of aryl methyl sites for hydroxylation is 1. The summed E-state index contributed by atoms with van der Waals surface area (Å²) in [6, 6.07) is 5.25. The maximum absolute atomic E-state index is 12.1. The standard InChI is InChI=1S/C14H20F3NO2/c1-4-18-12(8-20-9-14(15,16)17)11-7-10(2)5-6-13(11)19-3/h5-7,12,18H,4,8-9H2,1-3H3. The molecule has 0 bridgehead atoms. The van der Waals surface area contributed by atoms with Crippen molar-refractivity contribution in [1.82, 2.24) is 5.32 Å². The zero-order valence-corrected chi connectivity index (χ0v) is 11.9. The van der Waals surface area contributed by atoms with Crippen LogP contribution < -0.4 is 10.1 Å². The molecule has 0 amide bonds. The first-order valence-electron chi connectivity index (χ1n) is 6.39. The molecule has 114 valence electrons. The first-order valence-corrected chi connectivity index (χ1v) is 6.39. The Morgan fingerprint density at radius 3 is 2.55 bits per heavy atom. The number of nitrogens with one attached hydrogen (secondary N) is 1. The Labute approximate surface area is 117 Å². The largest absolute Gasteiger partial charge is 0.496 e. The number of benzene rings is 1. The minimum absolute atomic E-state index is 0.0623. The van der Waals surface area contributed by atoms with Crippen molar-refractivity contribution in [3.63, 3.8) is 0 Å². The lowest BCUT2D eigenvalue weighted by molar-refractivity contribution is -0.175. The molecule has 1 rings (SSSR count). The highest BCUT2D eigenvalue weighted by atomic mass is 19.4. The third-order valence-electron chi connectivity index (χ3n) is 2.76. The molecule has 1 atom stereocenters. The minimum Gasteiger partial charge on any atom is -0.496 e. The fourth-order valence-electron chi connectivity index (χ4n) is 1.92. The summed E-state index contributed by atoms with van der Waals surface area (Å²) in [6.45, 7) is 3.12. The molecule has 0 heterocycles. The third kappa shape index (κ3) is 5.38. The van der Waals surface area contributed by atoms with Crippen LogP contribution in [-0.4, -0.2) is 33.0 Å². The van der Waals surface area contributed by atoms with E-state index in [-0.39, 0.29) is 12.6 Å². The van der Waals surface area contributed by atoms with Crippen molar-refractivity contribution in [3.05, 3.63) is 29.3 Å². The van der Waals surface area contributed by atoms with E-state index in [2.05, 4.69) is 5.32 Å². The average Bonchev–Trinajstić information content (AvgIpc) is 2.36. The van der Waals surface area contributed by atoms with Gasteiger partial charge in [-0.3, -0.25) is 0 Å². The first-order chi connectivity index (χ1) is 9.37. The van der Waals surface area contributed by atoms with Gasteiger partial charge in [0.15, 0.2) is 0 Å². The molecule has 0 aliphatic carbocycles. The second kappa shape index (κ2) is 7.50. The second-order valence-electron chi connectivity index (χ2n) is 4.49. The molecular formula is C14H20F3NO2. The van der Waals surface area contributed by atoms with Gasteiger partial charge in [0.25, 0.3) is 0 Å². The Bertz CT molecular complexity index is 421. The Kier molecular flexibility index (Phi) is 6.29. The molecular weight excluding hydrogens is 271 g/mol. The molecule has 20 heavy (non-hydrogen) atoms. The van der Waals surface area contributed by atoms with Gasteiger partial charge < -0.3 is 14.8 Å². The van der Waals surface area contributed by atoms with Crippen molar-refractivity contribution in [2.45, 2.75) is 26.1 Å². The van der Waals surface area contributed by atoms with Gasteiger partial charge in [0.1, 0.15) is 12.4 Å². The summed E-state index contributed by atoms with van der Waals surface area (Å²) in [5, 5.41) is 3.11. The number of alkyl halides is 3. The second-order valence-corrected chi connectivity index (χ2v) is 4.49. The van der Waals surface area contributed by atoms with Crippen LogP contribution in [0.15, 0.2) is 18.2 Å². The highest BCUT2D eigenvalue weighted by molar-refractivity contribution is 5.39. The Morgan fingerprint density at radius 1 is 1.30 bits per heavy atom. The molecule has 0 aliphatic rings. The molecule has 0 saturated heterocycles. The van der Waals surface area contributed by atoms with E-state index in [1.165, 1.54) is 7.11 Å². The summed E-state index contributed by atoms with van der Waals surface area (Å²) in [4.78, 5) is 0. The van der Waals surface area contributed by atoms with E-state index in [4.69, 9.17) is 9.47 Å². The van der Waals surface area contributed by atoms with Crippen molar-refractivity contribution in [2.75, 3.05) is 26.9 Å². The highest BCUT2D eigenvalue weighted by Crippen LogP contribution is 2.27. The maximum atomic E-state index is 12.1. The maximum Gasteiger partial charge on any atom is 0.411 e. The SMILES string of the molecule is CCNC(COCC(F)(F)F)c1cc(C)ccc1OC. The van der Waals surface area contributed by atoms with Crippen LogP contribution in [0.1, 0.15) is 24.1 Å². The van der Waals surface area contributed by atoms with Crippen LogP contribution in [0.4, 0.5) is 13.2 Å². The van der Waals surface area contributed by atoms with E-state index in [1.807, 2.05) is 26.0 Å². The van der Waals surface area contributed by atoms with Crippen LogP contribution in [0.2, 0.25) is 0 Å². The zero-order valence-electron chi connectivity index (χ0n) is 11.9. The zero-order chi connectivity index (χ0) is 15.2. The Hall–Kier alpha value is -1.27. The number of hydrogen-bond acceptors (Lipinski definition) is 3. The predicted molar refractivity (Wildman–Crippen MR) is 71.0 cm³/mol. The predicted octanol–water partition coefficient (Wildman–Crippen LogP) is 3.23. The molecule has 0 saturated carbocycles. The molecule has 1 N–H and O–H groups in total. The van der Waals surface area contributed by atoms with E-state index in [0.29, 0.717) is 12.3 Å². The lowest BCUT2D eigenvalue weighted by atomic mass is 10.0. The number of rotatable bonds is 7. The van der Waals surface area contributed by atoms with E-state index in [1.54, 1.807) is 6.07 Å². The lowest BCUT2D eigenvalue weighted by Crippen LogP contribution is -2.28. The van der Waals surface area contributed by atoms with Gasteiger partial charge in [-0.2, -0.15) is 13.2 Å². The van der Waals surface area contributed by atoms with Gasteiger partial charge in [-0.15, -0.1) is 0 Å². The molecule has 3 nitrogen and oxygen atoms in total.